The molecule has 0 saturated heterocycles. The second-order valence-corrected chi connectivity index (χ2v) is 4.60. The molecule has 5 heteroatoms. The Kier molecular flexibility index (Phi) is 5.47. The van der Waals surface area contributed by atoms with Gasteiger partial charge in [-0.1, -0.05) is 6.07 Å². The Morgan fingerprint density at radius 3 is 2.76 bits per heavy atom. The summed E-state index contributed by atoms with van der Waals surface area (Å²) in [6, 6.07) is 5.32. The molecule has 1 atom stereocenters. The zero-order valence-electron chi connectivity index (χ0n) is 9.84. The lowest BCUT2D eigenvalue weighted by Crippen LogP contribution is -2.15. The fraction of sp³-hybridized carbons (Fsp3) is 0.417. The minimum absolute atomic E-state index is 0.0801. The van der Waals surface area contributed by atoms with E-state index in [2.05, 4.69) is 0 Å². The third-order valence-corrected chi connectivity index (χ3v) is 3.40. The van der Waals surface area contributed by atoms with Crippen molar-refractivity contribution in [3.05, 3.63) is 23.8 Å². The molecule has 0 saturated carbocycles. The van der Waals surface area contributed by atoms with Gasteiger partial charge in [0, 0.05) is 10.6 Å². The van der Waals surface area contributed by atoms with Crippen molar-refractivity contribution < 1.29 is 19.7 Å². The lowest BCUT2D eigenvalue weighted by molar-refractivity contribution is 0.101. The van der Waals surface area contributed by atoms with Gasteiger partial charge in [-0.25, -0.2) is 0 Å². The summed E-state index contributed by atoms with van der Waals surface area (Å²) in [7, 11) is 1.51. The number of ketones is 1. The number of carbonyl (C=O) groups is 1. The minimum atomic E-state index is -0.786. The summed E-state index contributed by atoms with van der Waals surface area (Å²) in [6.07, 6.45) is -0.786. The molecule has 1 unspecified atom stereocenters. The van der Waals surface area contributed by atoms with E-state index in [1.54, 1.807) is 18.2 Å². The summed E-state index contributed by atoms with van der Waals surface area (Å²) in [5.74, 6) is 0.786. The average molecular weight is 256 g/mol. The van der Waals surface area contributed by atoms with E-state index in [0.717, 1.165) is 4.90 Å². The molecule has 0 heterocycles. The van der Waals surface area contributed by atoms with Crippen LogP contribution in [0.2, 0.25) is 0 Å². The van der Waals surface area contributed by atoms with E-state index in [9.17, 15) is 9.90 Å². The number of thioether (sulfide) groups is 1. The summed E-state index contributed by atoms with van der Waals surface area (Å²) in [4.78, 5) is 12.3. The number of aliphatic hydroxyl groups is 2. The van der Waals surface area contributed by atoms with Crippen molar-refractivity contribution in [2.75, 3.05) is 19.5 Å². The molecule has 94 valence electrons. The molecule has 2 N–H and O–H groups in total. The lowest BCUT2D eigenvalue weighted by Gasteiger charge is -2.12. The Morgan fingerprint density at radius 2 is 2.24 bits per heavy atom. The normalized spacial score (nSPS) is 12.2. The van der Waals surface area contributed by atoms with E-state index >= 15 is 0 Å². The molecule has 0 aliphatic carbocycles. The zero-order valence-corrected chi connectivity index (χ0v) is 10.7. The van der Waals surface area contributed by atoms with Gasteiger partial charge in [-0.05, 0) is 19.1 Å². The highest BCUT2D eigenvalue weighted by Crippen LogP contribution is 2.30. The number of hydrogen-bond acceptors (Lipinski definition) is 5. The molecule has 0 aromatic heterocycles. The van der Waals surface area contributed by atoms with Crippen LogP contribution in [0, 0.1) is 0 Å². The Hall–Kier alpha value is -1.04. The maximum atomic E-state index is 11.6. The number of methoxy groups -OCH3 is 1. The van der Waals surface area contributed by atoms with E-state index < -0.39 is 6.10 Å². The van der Waals surface area contributed by atoms with Crippen molar-refractivity contribution in [1.82, 2.24) is 0 Å². The maximum absolute atomic E-state index is 11.6. The fourth-order valence-electron chi connectivity index (χ4n) is 1.39. The molecule has 0 amide bonds. The number of rotatable bonds is 6. The summed E-state index contributed by atoms with van der Waals surface area (Å²) in [5, 5.41) is 18.0. The van der Waals surface area contributed by atoms with E-state index in [0.29, 0.717) is 17.1 Å². The van der Waals surface area contributed by atoms with Gasteiger partial charge in [-0.15, -0.1) is 11.8 Å². The number of carbonyl (C=O) groups excluding carboxylic acids is 1. The third kappa shape index (κ3) is 3.73. The van der Waals surface area contributed by atoms with Gasteiger partial charge >= 0.3 is 0 Å². The van der Waals surface area contributed by atoms with Gasteiger partial charge in [0.2, 0.25) is 0 Å². The van der Waals surface area contributed by atoms with Crippen molar-refractivity contribution in [1.29, 1.82) is 0 Å². The first kappa shape index (κ1) is 14.0. The Balaban J connectivity index is 2.94. The molecule has 17 heavy (non-hydrogen) atoms. The summed E-state index contributed by atoms with van der Waals surface area (Å²) in [5.41, 5.74) is 0.519. The first-order chi connectivity index (χ1) is 8.10. The van der Waals surface area contributed by atoms with Crippen LogP contribution in [0.3, 0.4) is 0 Å². The van der Waals surface area contributed by atoms with Gasteiger partial charge in [-0.2, -0.15) is 0 Å². The standard InChI is InChI=1S/C12H16O4S/c1-8(14)12-10(16-2)4-3-5-11(12)17-7-9(15)6-13/h3-5,9,13,15H,6-7H2,1-2H3. The molecule has 0 aliphatic heterocycles. The van der Waals surface area contributed by atoms with Crippen LogP contribution in [-0.2, 0) is 0 Å². The summed E-state index contributed by atoms with van der Waals surface area (Å²) >= 11 is 1.33. The molecule has 0 radical (unpaired) electrons. The van der Waals surface area contributed by atoms with Crippen LogP contribution in [0.15, 0.2) is 23.1 Å². The van der Waals surface area contributed by atoms with Crippen LogP contribution >= 0.6 is 11.8 Å². The molecular weight excluding hydrogens is 240 g/mol. The minimum Gasteiger partial charge on any atom is -0.496 e. The van der Waals surface area contributed by atoms with Crippen LogP contribution < -0.4 is 4.74 Å². The van der Waals surface area contributed by atoms with E-state index in [-0.39, 0.29) is 12.4 Å². The van der Waals surface area contributed by atoms with E-state index in [4.69, 9.17) is 9.84 Å². The maximum Gasteiger partial charge on any atom is 0.164 e. The second kappa shape index (κ2) is 6.64. The molecule has 4 nitrogen and oxygen atoms in total. The van der Waals surface area contributed by atoms with Crippen LogP contribution in [0.1, 0.15) is 17.3 Å². The van der Waals surface area contributed by atoms with Crippen molar-refractivity contribution in [3.8, 4) is 5.75 Å². The van der Waals surface area contributed by atoms with Gasteiger partial charge in [-0.3, -0.25) is 4.79 Å². The van der Waals surface area contributed by atoms with Crippen LogP contribution in [0.5, 0.6) is 5.75 Å². The number of Topliss-reactive ketones (excluding diaryl/α,β-unsaturated/α-hetero) is 1. The molecule has 0 aliphatic rings. The molecular formula is C12H16O4S. The number of hydrogen-bond donors (Lipinski definition) is 2. The first-order valence-electron chi connectivity index (χ1n) is 5.19. The second-order valence-electron chi connectivity index (χ2n) is 3.54. The first-order valence-corrected chi connectivity index (χ1v) is 6.18. The summed E-state index contributed by atoms with van der Waals surface area (Å²) in [6.45, 7) is 1.19. The van der Waals surface area contributed by atoms with Gasteiger partial charge in [0.05, 0.1) is 25.4 Å². The fourth-order valence-corrected chi connectivity index (χ4v) is 2.43. The van der Waals surface area contributed by atoms with E-state index in [1.165, 1.54) is 25.8 Å². The molecule has 0 fully saturated rings. The predicted octanol–water partition coefficient (Wildman–Crippen LogP) is 1.34. The SMILES string of the molecule is COc1cccc(SCC(O)CO)c1C(C)=O. The molecule has 0 spiro atoms. The van der Waals surface area contributed by atoms with Crippen LogP contribution in [-0.4, -0.2) is 41.6 Å². The molecule has 1 aromatic rings. The summed E-state index contributed by atoms with van der Waals surface area (Å²) < 4.78 is 5.13. The van der Waals surface area contributed by atoms with Gasteiger partial charge < -0.3 is 14.9 Å². The van der Waals surface area contributed by atoms with Crippen LogP contribution in [0.4, 0.5) is 0 Å². The Labute approximate surface area is 105 Å². The van der Waals surface area contributed by atoms with Gasteiger partial charge in [0.25, 0.3) is 0 Å². The third-order valence-electron chi connectivity index (χ3n) is 2.20. The highest BCUT2D eigenvalue weighted by atomic mass is 32.2. The predicted molar refractivity (Wildman–Crippen MR) is 66.8 cm³/mol. The number of benzene rings is 1. The quantitative estimate of drug-likeness (QED) is 0.594. The van der Waals surface area contributed by atoms with Crippen LogP contribution in [0.25, 0.3) is 0 Å². The Morgan fingerprint density at radius 1 is 1.53 bits per heavy atom. The van der Waals surface area contributed by atoms with Crippen molar-refractivity contribution in [2.45, 2.75) is 17.9 Å². The number of aliphatic hydroxyl groups excluding tert-OH is 2. The lowest BCUT2D eigenvalue weighted by atomic mass is 10.1. The molecule has 1 rings (SSSR count). The van der Waals surface area contributed by atoms with Gasteiger partial charge in [0.15, 0.2) is 5.78 Å². The Bertz CT molecular complexity index is 392. The van der Waals surface area contributed by atoms with Gasteiger partial charge in [0.1, 0.15) is 5.75 Å². The van der Waals surface area contributed by atoms with E-state index in [1.807, 2.05) is 0 Å². The monoisotopic (exact) mass is 256 g/mol. The van der Waals surface area contributed by atoms with Crippen molar-refractivity contribution >= 4 is 17.5 Å². The molecule has 0 bridgehead atoms. The smallest absolute Gasteiger partial charge is 0.164 e. The topological polar surface area (TPSA) is 66.8 Å². The largest absolute Gasteiger partial charge is 0.496 e. The highest BCUT2D eigenvalue weighted by Gasteiger charge is 2.14. The zero-order chi connectivity index (χ0) is 12.8. The average Bonchev–Trinajstić information content (AvgIpc) is 2.34. The van der Waals surface area contributed by atoms with Crippen molar-refractivity contribution in [3.63, 3.8) is 0 Å². The molecule has 1 aromatic carbocycles. The van der Waals surface area contributed by atoms with Crippen molar-refractivity contribution in [2.24, 2.45) is 0 Å². The number of ether oxygens (including phenoxy) is 1. The highest BCUT2D eigenvalue weighted by molar-refractivity contribution is 7.99.